The Morgan fingerprint density at radius 3 is 1.88 bits per heavy atom. The maximum absolute atomic E-state index is 13.8. The topological polar surface area (TPSA) is 49.4 Å². The summed E-state index contributed by atoms with van der Waals surface area (Å²) in [4.78, 5) is 28.2. The molecular weight excluding hydrogens is 415 g/mol. The highest BCUT2D eigenvalue weighted by molar-refractivity contribution is 5.88. The number of amides is 2. The van der Waals surface area contributed by atoms with Crippen LogP contribution in [0.5, 0.6) is 0 Å². The lowest BCUT2D eigenvalue weighted by atomic mass is 9.88. The summed E-state index contributed by atoms with van der Waals surface area (Å²) >= 11 is 0. The van der Waals surface area contributed by atoms with Gasteiger partial charge in [-0.2, -0.15) is 0 Å². The first-order chi connectivity index (χ1) is 16.0. The van der Waals surface area contributed by atoms with Crippen molar-refractivity contribution in [3.8, 4) is 0 Å². The van der Waals surface area contributed by atoms with Crippen molar-refractivity contribution >= 4 is 11.8 Å². The summed E-state index contributed by atoms with van der Waals surface area (Å²) < 4.78 is 13.4. The Hall–Kier alpha value is -3.47. The third-order valence-electron chi connectivity index (χ3n) is 5.79. The fourth-order valence-electron chi connectivity index (χ4n) is 4.09. The molecule has 0 saturated heterocycles. The van der Waals surface area contributed by atoms with E-state index in [0.717, 1.165) is 16.7 Å². The van der Waals surface area contributed by atoms with Crippen LogP contribution in [0.15, 0.2) is 84.9 Å². The highest BCUT2D eigenvalue weighted by atomic mass is 19.1. The van der Waals surface area contributed by atoms with Gasteiger partial charge in [-0.3, -0.25) is 9.59 Å². The van der Waals surface area contributed by atoms with Crippen LogP contribution >= 0.6 is 0 Å². The monoisotopic (exact) mass is 446 g/mol. The minimum absolute atomic E-state index is 0.116. The van der Waals surface area contributed by atoms with Gasteiger partial charge >= 0.3 is 0 Å². The van der Waals surface area contributed by atoms with Gasteiger partial charge in [0.1, 0.15) is 11.9 Å². The number of rotatable bonds is 10. The molecule has 4 nitrogen and oxygen atoms in total. The Labute approximate surface area is 195 Å². The van der Waals surface area contributed by atoms with Crippen molar-refractivity contribution in [2.75, 3.05) is 6.54 Å². The molecule has 3 aromatic carbocycles. The van der Waals surface area contributed by atoms with Gasteiger partial charge in [0.05, 0.1) is 0 Å². The molecule has 1 atom stereocenters. The summed E-state index contributed by atoms with van der Waals surface area (Å²) in [6.45, 7) is 4.49. The molecule has 172 valence electrons. The molecule has 0 heterocycles. The van der Waals surface area contributed by atoms with E-state index in [1.807, 2.05) is 74.5 Å². The van der Waals surface area contributed by atoms with Crippen molar-refractivity contribution < 1.29 is 14.0 Å². The molecule has 1 N–H and O–H groups in total. The summed E-state index contributed by atoms with van der Waals surface area (Å²) in [5.74, 6) is -0.760. The molecule has 0 radical (unpaired) electrons. The molecule has 33 heavy (non-hydrogen) atoms. The van der Waals surface area contributed by atoms with Crippen LogP contribution in [0.25, 0.3) is 0 Å². The van der Waals surface area contributed by atoms with Gasteiger partial charge in [-0.05, 0) is 42.2 Å². The SMILES string of the molecule is CCNC(=O)[C@H](CC)N(Cc1ccc(F)cc1)C(=O)CC(c1ccccc1)c1ccccc1. The highest BCUT2D eigenvalue weighted by Crippen LogP contribution is 2.29. The average molecular weight is 447 g/mol. The number of hydrogen-bond acceptors (Lipinski definition) is 2. The minimum atomic E-state index is -0.602. The lowest BCUT2D eigenvalue weighted by Crippen LogP contribution is -2.49. The van der Waals surface area contributed by atoms with Crippen LogP contribution in [0.3, 0.4) is 0 Å². The second-order valence-electron chi connectivity index (χ2n) is 8.04. The van der Waals surface area contributed by atoms with Crippen LogP contribution in [-0.2, 0) is 16.1 Å². The molecule has 0 fully saturated rings. The molecule has 0 aliphatic heterocycles. The van der Waals surface area contributed by atoms with E-state index in [1.165, 1.54) is 12.1 Å². The van der Waals surface area contributed by atoms with E-state index in [9.17, 15) is 14.0 Å². The van der Waals surface area contributed by atoms with Gasteiger partial charge in [0, 0.05) is 25.4 Å². The van der Waals surface area contributed by atoms with E-state index < -0.39 is 6.04 Å². The zero-order chi connectivity index (χ0) is 23.6. The fourth-order valence-corrected chi connectivity index (χ4v) is 4.09. The predicted molar refractivity (Wildman–Crippen MR) is 129 cm³/mol. The fraction of sp³-hybridized carbons (Fsp3) is 0.286. The van der Waals surface area contributed by atoms with Crippen molar-refractivity contribution in [3.05, 3.63) is 107 Å². The molecule has 2 amide bonds. The minimum Gasteiger partial charge on any atom is -0.355 e. The van der Waals surface area contributed by atoms with Crippen LogP contribution in [0.1, 0.15) is 49.3 Å². The zero-order valence-electron chi connectivity index (χ0n) is 19.2. The van der Waals surface area contributed by atoms with Crippen molar-refractivity contribution in [3.63, 3.8) is 0 Å². The Morgan fingerprint density at radius 1 is 0.848 bits per heavy atom. The first-order valence-corrected chi connectivity index (χ1v) is 11.4. The zero-order valence-corrected chi connectivity index (χ0v) is 19.2. The Kier molecular flexibility index (Phi) is 8.76. The second kappa shape index (κ2) is 12.0. The summed E-state index contributed by atoms with van der Waals surface area (Å²) in [6, 6.07) is 25.3. The van der Waals surface area contributed by atoms with Crippen molar-refractivity contribution in [2.45, 2.75) is 45.2 Å². The Balaban J connectivity index is 1.94. The quantitative estimate of drug-likeness (QED) is 0.460. The van der Waals surface area contributed by atoms with E-state index >= 15 is 0 Å². The summed E-state index contributed by atoms with van der Waals surface area (Å²) in [5.41, 5.74) is 2.87. The summed E-state index contributed by atoms with van der Waals surface area (Å²) in [7, 11) is 0. The van der Waals surface area contributed by atoms with Crippen LogP contribution in [0.4, 0.5) is 4.39 Å². The first-order valence-electron chi connectivity index (χ1n) is 11.4. The molecule has 5 heteroatoms. The Bertz CT molecular complexity index is 983. The van der Waals surface area contributed by atoms with Gasteiger partial charge < -0.3 is 10.2 Å². The van der Waals surface area contributed by atoms with Crippen molar-refractivity contribution in [2.24, 2.45) is 0 Å². The number of likely N-dealkylation sites (N-methyl/N-ethyl adjacent to an activating group) is 1. The standard InChI is InChI=1S/C28H31FN2O2/c1-3-26(28(33)30-4-2)31(20-21-15-17-24(29)18-16-21)27(32)19-25(22-11-7-5-8-12-22)23-13-9-6-10-14-23/h5-18,25-26H,3-4,19-20H2,1-2H3,(H,30,33)/t26-/m0/s1. The highest BCUT2D eigenvalue weighted by Gasteiger charge is 2.30. The second-order valence-corrected chi connectivity index (χ2v) is 8.04. The third-order valence-corrected chi connectivity index (χ3v) is 5.79. The summed E-state index contributed by atoms with van der Waals surface area (Å²) in [5, 5.41) is 2.85. The predicted octanol–water partition coefficient (Wildman–Crippen LogP) is 5.29. The largest absolute Gasteiger partial charge is 0.355 e. The van der Waals surface area contributed by atoms with Gasteiger partial charge in [-0.15, -0.1) is 0 Å². The van der Waals surface area contributed by atoms with Crippen LogP contribution in [-0.4, -0.2) is 29.3 Å². The molecule has 0 spiro atoms. The average Bonchev–Trinajstić information content (AvgIpc) is 2.84. The van der Waals surface area contributed by atoms with Crippen molar-refractivity contribution in [1.82, 2.24) is 10.2 Å². The van der Waals surface area contributed by atoms with Gasteiger partial charge in [-0.25, -0.2) is 4.39 Å². The normalized spacial score (nSPS) is 11.8. The van der Waals surface area contributed by atoms with Crippen LogP contribution in [0.2, 0.25) is 0 Å². The van der Waals surface area contributed by atoms with Gasteiger partial charge in [0.25, 0.3) is 0 Å². The van der Waals surface area contributed by atoms with E-state index in [4.69, 9.17) is 0 Å². The van der Waals surface area contributed by atoms with E-state index in [2.05, 4.69) is 5.32 Å². The van der Waals surface area contributed by atoms with Gasteiger partial charge in [-0.1, -0.05) is 79.7 Å². The molecule has 0 aromatic heterocycles. The van der Waals surface area contributed by atoms with E-state index in [-0.39, 0.29) is 36.5 Å². The molecule has 0 aliphatic carbocycles. The number of nitrogens with one attached hydrogen (secondary N) is 1. The lowest BCUT2D eigenvalue weighted by Gasteiger charge is -2.32. The van der Waals surface area contributed by atoms with Crippen LogP contribution < -0.4 is 5.32 Å². The number of carbonyl (C=O) groups is 2. The molecule has 3 aromatic rings. The lowest BCUT2D eigenvalue weighted by molar-refractivity contribution is -0.141. The maximum Gasteiger partial charge on any atom is 0.242 e. The molecule has 0 unspecified atom stereocenters. The van der Waals surface area contributed by atoms with E-state index in [1.54, 1.807) is 17.0 Å². The van der Waals surface area contributed by atoms with Gasteiger partial charge in [0.2, 0.25) is 11.8 Å². The van der Waals surface area contributed by atoms with Crippen LogP contribution in [0, 0.1) is 5.82 Å². The number of hydrogen-bond donors (Lipinski definition) is 1. The molecule has 3 rings (SSSR count). The molecule has 0 saturated carbocycles. The Morgan fingerprint density at radius 2 is 1.39 bits per heavy atom. The maximum atomic E-state index is 13.8. The number of halogens is 1. The number of carbonyl (C=O) groups excluding carboxylic acids is 2. The molecule has 0 bridgehead atoms. The van der Waals surface area contributed by atoms with Gasteiger partial charge in [0.15, 0.2) is 0 Å². The molecule has 0 aliphatic rings. The molecular formula is C28H31FN2O2. The van der Waals surface area contributed by atoms with E-state index in [0.29, 0.717) is 13.0 Å². The summed E-state index contributed by atoms with van der Waals surface area (Å²) in [6.07, 6.45) is 0.714. The number of nitrogens with zero attached hydrogens (tertiary/aromatic N) is 1. The van der Waals surface area contributed by atoms with Crippen molar-refractivity contribution in [1.29, 1.82) is 0 Å². The third kappa shape index (κ3) is 6.51. The first kappa shape index (κ1) is 24.2. The number of benzene rings is 3. The smallest absolute Gasteiger partial charge is 0.242 e.